The quantitative estimate of drug-likeness (QED) is 0.312. The van der Waals surface area contributed by atoms with Gasteiger partial charge in [0, 0.05) is 12.3 Å². The maximum Gasteiger partial charge on any atom is 0.334 e. The molecule has 0 radical (unpaired) electrons. The van der Waals surface area contributed by atoms with Crippen LogP contribution < -0.4 is 21.5 Å². The SMILES string of the molecule is CCOc1ccc(-n2cc(-c3ccc(F)cc3-c3ccc(-n4c(=O)[nH]c(=O)c5[nH]cnc54)cc3)ccc2=O)c(C)c1. The van der Waals surface area contributed by atoms with Gasteiger partial charge in [-0.25, -0.2) is 18.7 Å². The van der Waals surface area contributed by atoms with Crippen LogP contribution in [0.25, 0.3) is 44.8 Å². The highest BCUT2D eigenvalue weighted by molar-refractivity contribution is 5.84. The van der Waals surface area contributed by atoms with Crippen molar-refractivity contribution in [2.75, 3.05) is 6.61 Å². The largest absolute Gasteiger partial charge is 0.494 e. The molecule has 6 rings (SSSR count). The smallest absolute Gasteiger partial charge is 0.334 e. The number of nitrogens with one attached hydrogen (secondary N) is 2. The van der Waals surface area contributed by atoms with Crippen LogP contribution in [0.2, 0.25) is 0 Å². The number of imidazole rings is 1. The molecular weight excluding hydrogens is 525 g/mol. The normalized spacial score (nSPS) is 11.2. The number of nitrogens with zero attached hydrogens (tertiary/aromatic N) is 3. The molecule has 3 aromatic carbocycles. The van der Waals surface area contributed by atoms with E-state index in [0.29, 0.717) is 40.2 Å². The fraction of sp³-hybridized carbons (Fsp3) is 0.0968. The second kappa shape index (κ2) is 10.2. The average molecular weight is 550 g/mol. The molecule has 9 nitrogen and oxygen atoms in total. The third-order valence-electron chi connectivity index (χ3n) is 6.86. The van der Waals surface area contributed by atoms with Gasteiger partial charge in [0.1, 0.15) is 17.1 Å². The maximum atomic E-state index is 14.5. The molecule has 204 valence electrons. The molecule has 0 aliphatic heterocycles. The summed E-state index contributed by atoms with van der Waals surface area (Å²) in [7, 11) is 0. The van der Waals surface area contributed by atoms with Crippen molar-refractivity contribution in [1.82, 2.24) is 24.1 Å². The van der Waals surface area contributed by atoms with E-state index >= 15 is 0 Å². The second-order valence-electron chi connectivity index (χ2n) is 9.44. The zero-order valence-corrected chi connectivity index (χ0v) is 22.1. The number of hydrogen-bond acceptors (Lipinski definition) is 5. The van der Waals surface area contributed by atoms with Crippen molar-refractivity contribution in [3.8, 4) is 39.4 Å². The van der Waals surface area contributed by atoms with E-state index in [1.54, 1.807) is 47.2 Å². The van der Waals surface area contributed by atoms with Crippen LogP contribution in [0.5, 0.6) is 5.75 Å². The van der Waals surface area contributed by atoms with Crippen LogP contribution in [0.1, 0.15) is 12.5 Å². The Morgan fingerprint density at radius 2 is 1.68 bits per heavy atom. The Morgan fingerprint density at radius 3 is 2.44 bits per heavy atom. The summed E-state index contributed by atoms with van der Waals surface area (Å²) in [5.41, 5.74) is 3.77. The molecular formula is C31H24FN5O4. The van der Waals surface area contributed by atoms with Gasteiger partial charge in [-0.15, -0.1) is 0 Å². The molecule has 0 fully saturated rings. The van der Waals surface area contributed by atoms with Crippen molar-refractivity contribution < 1.29 is 9.13 Å². The van der Waals surface area contributed by atoms with Crippen LogP contribution >= 0.6 is 0 Å². The minimum atomic E-state index is -0.624. The molecule has 6 aromatic rings. The summed E-state index contributed by atoms with van der Waals surface area (Å²) in [6.07, 6.45) is 3.09. The van der Waals surface area contributed by atoms with Crippen molar-refractivity contribution in [2.24, 2.45) is 0 Å². The molecule has 0 saturated carbocycles. The molecule has 0 unspecified atom stereocenters. The van der Waals surface area contributed by atoms with E-state index in [0.717, 1.165) is 11.3 Å². The molecule has 0 aliphatic rings. The number of benzene rings is 3. The lowest BCUT2D eigenvalue weighted by molar-refractivity contribution is 0.340. The number of halogens is 1. The Bertz CT molecular complexity index is 2110. The number of ether oxygens (including phenoxy) is 1. The monoisotopic (exact) mass is 549 g/mol. The Morgan fingerprint density at radius 1 is 0.902 bits per heavy atom. The van der Waals surface area contributed by atoms with E-state index in [9.17, 15) is 18.8 Å². The van der Waals surface area contributed by atoms with Gasteiger partial charge in [-0.05, 0) is 90.2 Å². The molecule has 0 aliphatic carbocycles. The summed E-state index contributed by atoms with van der Waals surface area (Å²) in [5, 5.41) is 0. The van der Waals surface area contributed by atoms with Crippen molar-refractivity contribution in [3.63, 3.8) is 0 Å². The van der Waals surface area contributed by atoms with E-state index < -0.39 is 17.1 Å². The molecule has 0 spiro atoms. The van der Waals surface area contributed by atoms with Crippen LogP contribution in [-0.2, 0) is 0 Å². The summed E-state index contributed by atoms with van der Waals surface area (Å²) in [5.74, 6) is 0.304. The highest BCUT2D eigenvalue weighted by Crippen LogP contribution is 2.33. The van der Waals surface area contributed by atoms with Gasteiger partial charge < -0.3 is 9.72 Å². The zero-order valence-electron chi connectivity index (χ0n) is 22.1. The standard InChI is InChI=1S/C31H24FN5O4/c1-3-41-23-10-12-26(18(2)14-23)36-16-20(6-13-27(36)38)24-11-7-21(32)15-25(24)19-4-8-22(9-5-19)37-29-28(33-17-34-29)30(39)35-31(37)40/h4-17H,3H2,1-2H3,(H,33,34)(H,35,39,40). The van der Waals surface area contributed by atoms with Gasteiger partial charge in [-0.1, -0.05) is 18.2 Å². The number of pyridine rings is 1. The van der Waals surface area contributed by atoms with Crippen molar-refractivity contribution in [3.05, 3.63) is 128 Å². The van der Waals surface area contributed by atoms with Crippen molar-refractivity contribution >= 4 is 11.2 Å². The van der Waals surface area contributed by atoms with Crippen LogP contribution in [0.4, 0.5) is 4.39 Å². The van der Waals surface area contributed by atoms with Crippen molar-refractivity contribution in [1.29, 1.82) is 0 Å². The number of aryl methyl sites for hydroxylation is 1. The molecule has 3 heterocycles. The van der Waals surface area contributed by atoms with E-state index in [-0.39, 0.29) is 16.7 Å². The first kappa shape index (κ1) is 25.8. The van der Waals surface area contributed by atoms with Gasteiger partial charge in [-0.3, -0.25) is 19.1 Å². The first-order valence-electron chi connectivity index (χ1n) is 12.9. The minimum absolute atomic E-state index is 0.180. The molecule has 0 bridgehead atoms. The molecule has 3 aromatic heterocycles. The molecule has 0 atom stereocenters. The predicted molar refractivity (Wildman–Crippen MR) is 155 cm³/mol. The fourth-order valence-corrected chi connectivity index (χ4v) is 4.96. The number of aromatic amines is 2. The van der Waals surface area contributed by atoms with Crippen LogP contribution in [0.3, 0.4) is 0 Å². The first-order chi connectivity index (χ1) is 19.8. The van der Waals surface area contributed by atoms with Gasteiger partial charge in [0.15, 0.2) is 5.65 Å². The first-order valence-corrected chi connectivity index (χ1v) is 12.9. The lowest BCUT2D eigenvalue weighted by Crippen LogP contribution is -2.29. The zero-order chi connectivity index (χ0) is 28.7. The number of hydrogen-bond donors (Lipinski definition) is 2. The highest BCUT2D eigenvalue weighted by Gasteiger charge is 2.15. The molecule has 10 heteroatoms. The highest BCUT2D eigenvalue weighted by atomic mass is 19.1. The van der Waals surface area contributed by atoms with E-state index in [1.165, 1.54) is 29.1 Å². The fourth-order valence-electron chi connectivity index (χ4n) is 4.96. The van der Waals surface area contributed by atoms with E-state index in [2.05, 4.69) is 15.0 Å². The van der Waals surface area contributed by atoms with Gasteiger partial charge in [0.25, 0.3) is 11.1 Å². The summed E-state index contributed by atoms with van der Waals surface area (Å²) in [6, 6.07) is 20.1. The topological polar surface area (TPSA) is 115 Å². The van der Waals surface area contributed by atoms with E-state index in [4.69, 9.17) is 4.74 Å². The third kappa shape index (κ3) is 4.65. The van der Waals surface area contributed by atoms with Gasteiger partial charge >= 0.3 is 5.69 Å². The number of H-pyrrole nitrogens is 2. The third-order valence-corrected chi connectivity index (χ3v) is 6.86. The van der Waals surface area contributed by atoms with Gasteiger partial charge in [-0.2, -0.15) is 0 Å². The lowest BCUT2D eigenvalue weighted by Gasteiger charge is -2.15. The van der Waals surface area contributed by atoms with Crippen LogP contribution in [0.15, 0.2) is 99.7 Å². The average Bonchev–Trinajstić information content (AvgIpc) is 3.45. The Kier molecular flexibility index (Phi) is 6.43. The van der Waals surface area contributed by atoms with Crippen LogP contribution in [0, 0.1) is 12.7 Å². The predicted octanol–water partition coefficient (Wildman–Crippen LogP) is 4.73. The summed E-state index contributed by atoms with van der Waals surface area (Å²) < 4.78 is 23.0. The molecule has 2 N–H and O–H groups in total. The number of rotatable bonds is 6. The Hall–Kier alpha value is -5.51. The van der Waals surface area contributed by atoms with Crippen LogP contribution in [-0.4, -0.2) is 30.7 Å². The molecule has 0 amide bonds. The van der Waals surface area contributed by atoms with Crippen molar-refractivity contribution in [2.45, 2.75) is 13.8 Å². The van der Waals surface area contributed by atoms with Gasteiger partial charge in [0.2, 0.25) is 0 Å². The number of aromatic nitrogens is 5. The summed E-state index contributed by atoms with van der Waals surface area (Å²) in [6.45, 7) is 4.36. The van der Waals surface area contributed by atoms with E-state index in [1.807, 2.05) is 32.0 Å². The molecule has 41 heavy (non-hydrogen) atoms. The Labute approximate surface area is 232 Å². The van der Waals surface area contributed by atoms with Gasteiger partial charge in [0.05, 0.1) is 24.3 Å². The number of fused-ring (bicyclic) bond motifs is 1. The Balaban J connectivity index is 1.44. The summed E-state index contributed by atoms with van der Waals surface area (Å²) >= 11 is 0. The minimum Gasteiger partial charge on any atom is -0.494 e. The second-order valence-corrected chi connectivity index (χ2v) is 9.44. The lowest BCUT2D eigenvalue weighted by atomic mass is 9.95. The maximum absolute atomic E-state index is 14.5. The summed E-state index contributed by atoms with van der Waals surface area (Å²) in [4.78, 5) is 46.7. The molecule has 0 saturated heterocycles.